The highest BCUT2D eigenvalue weighted by atomic mass is 15.2. The first-order valence-corrected chi connectivity index (χ1v) is 7.18. The van der Waals surface area contributed by atoms with Crippen LogP contribution >= 0.6 is 0 Å². The molecule has 0 spiro atoms. The highest BCUT2D eigenvalue weighted by Crippen LogP contribution is 2.27. The summed E-state index contributed by atoms with van der Waals surface area (Å²) < 4.78 is 0. The van der Waals surface area contributed by atoms with Crippen LogP contribution in [0.2, 0.25) is 0 Å². The molecular formula is C16H26N2. The molecule has 3 unspecified atom stereocenters. The van der Waals surface area contributed by atoms with Gasteiger partial charge in [0.05, 0.1) is 0 Å². The van der Waals surface area contributed by atoms with E-state index < -0.39 is 0 Å². The lowest BCUT2D eigenvalue weighted by atomic mass is 9.89. The third-order valence-corrected chi connectivity index (χ3v) is 4.46. The van der Waals surface area contributed by atoms with Crippen molar-refractivity contribution in [2.24, 2.45) is 11.7 Å². The Labute approximate surface area is 111 Å². The lowest BCUT2D eigenvalue weighted by Gasteiger charge is -2.40. The maximum atomic E-state index is 6.18. The molecule has 0 amide bonds. The molecule has 2 nitrogen and oxygen atoms in total. The summed E-state index contributed by atoms with van der Waals surface area (Å²) in [5.41, 5.74) is 8.94. The minimum absolute atomic E-state index is 0.400. The number of piperidine rings is 1. The topological polar surface area (TPSA) is 29.3 Å². The average molecular weight is 246 g/mol. The van der Waals surface area contributed by atoms with Crippen molar-refractivity contribution < 1.29 is 0 Å². The van der Waals surface area contributed by atoms with E-state index in [4.69, 9.17) is 5.73 Å². The van der Waals surface area contributed by atoms with Crippen LogP contribution in [0.1, 0.15) is 43.9 Å². The zero-order chi connectivity index (χ0) is 13.1. The van der Waals surface area contributed by atoms with E-state index in [2.05, 4.69) is 49.9 Å². The Morgan fingerprint density at radius 1 is 1.33 bits per heavy atom. The van der Waals surface area contributed by atoms with Gasteiger partial charge in [-0.2, -0.15) is 0 Å². The minimum atomic E-state index is 0.400. The summed E-state index contributed by atoms with van der Waals surface area (Å²) in [6.45, 7) is 8.99. The first-order valence-electron chi connectivity index (χ1n) is 7.18. The molecule has 0 aliphatic carbocycles. The van der Waals surface area contributed by atoms with Crippen molar-refractivity contribution in [1.82, 2.24) is 4.90 Å². The molecular weight excluding hydrogens is 220 g/mol. The number of aryl methyl sites for hydroxylation is 1. The number of nitrogens with two attached hydrogens (primary N) is 1. The van der Waals surface area contributed by atoms with Gasteiger partial charge in [-0.1, -0.05) is 43.2 Å². The summed E-state index contributed by atoms with van der Waals surface area (Å²) in [7, 11) is 0. The van der Waals surface area contributed by atoms with Crippen molar-refractivity contribution in [2.75, 3.05) is 13.1 Å². The van der Waals surface area contributed by atoms with Gasteiger partial charge in [0, 0.05) is 25.2 Å². The van der Waals surface area contributed by atoms with Crippen LogP contribution in [0.4, 0.5) is 0 Å². The van der Waals surface area contributed by atoms with Crippen LogP contribution in [0, 0.1) is 12.8 Å². The largest absolute Gasteiger partial charge is 0.327 e. The van der Waals surface area contributed by atoms with Gasteiger partial charge in [0.2, 0.25) is 0 Å². The fourth-order valence-electron chi connectivity index (χ4n) is 2.92. The van der Waals surface area contributed by atoms with Gasteiger partial charge in [0.1, 0.15) is 0 Å². The minimum Gasteiger partial charge on any atom is -0.327 e. The Bertz CT molecular complexity index is 371. The second kappa shape index (κ2) is 5.85. The fourth-order valence-corrected chi connectivity index (χ4v) is 2.92. The Hall–Kier alpha value is -0.860. The second-order valence-corrected chi connectivity index (χ2v) is 5.70. The van der Waals surface area contributed by atoms with Crippen LogP contribution in [0.15, 0.2) is 24.3 Å². The van der Waals surface area contributed by atoms with Gasteiger partial charge in [-0.3, -0.25) is 4.90 Å². The molecule has 2 N–H and O–H groups in total. The van der Waals surface area contributed by atoms with E-state index in [-0.39, 0.29) is 0 Å². The van der Waals surface area contributed by atoms with E-state index in [0.29, 0.717) is 18.0 Å². The quantitative estimate of drug-likeness (QED) is 0.888. The number of hydrogen-bond donors (Lipinski definition) is 1. The van der Waals surface area contributed by atoms with Crippen molar-refractivity contribution >= 4 is 0 Å². The van der Waals surface area contributed by atoms with Crippen molar-refractivity contribution in [3.8, 4) is 0 Å². The molecule has 1 aliphatic heterocycles. The summed E-state index contributed by atoms with van der Waals surface area (Å²) in [4.78, 5) is 2.59. The van der Waals surface area contributed by atoms with Gasteiger partial charge < -0.3 is 5.73 Å². The molecule has 100 valence electrons. The smallest absolute Gasteiger partial charge is 0.0320 e. The summed E-state index contributed by atoms with van der Waals surface area (Å²) >= 11 is 0. The van der Waals surface area contributed by atoms with Crippen molar-refractivity contribution in [1.29, 1.82) is 0 Å². The second-order valence-electron chi connectivity index (χ2n) is 5.70. The Morgan fingerprint density at radius 3 is 2.61 bits per heavy atom. The van der Waals surface area contributed by atoms with Gasteiger partial charge in [-0.05, 0) is 31.7 Å². The van der Waals surface area contributed by atoms with Crippen LogP contribution < -0.4 is 5.73 Å². The van der Waals surface area contributed by atoms with E-state index in [0.717, 1.165) is 19.5 Å². The van der Waals surface area contributed by atoms with Crippen LogP contribution in [0.5, 0.6) is 0 Å². The number of rotatable bonds is 3. The number of hydrogen-bond acceptors (Lipinski definition) is 2. The lowest BCUT2D eigenvalue weighted by Crippen LogP contribution is -2.47. The Kier molecular flexibility index (Phi) is 4.41. The van der Waals surface area contributed by atoms with Crippen LogP contribution in [0.25, 0.3) is 0 Å². The molecule has 3 atom stereocenters. The summed E-state index contributed by atoms with van der Waals surface area (Å²) in [6, 6.07) is 9.84. The van der Waals surface area contributed by atoms with E-state index >= 15 is 0 Å². The Balaban J connectivity index is 2.05. The third kappa shape index (κ3) is 2.93. The maximum Gasteiger partial charge on any atom is 0.0320 e. The molecule has 2 rings (SSSR count). The van der Waals surface area contributed by atoms with E-state index in [1.807, 2.05) is 0 Å². The zero-order valence-electron chi connectivity index (χ0n) is 11.9. The molecule has 1 aliphatic rings. The van der Waals surface area contributed by atoms with Crippen molar-refractivity contribution in [3.63, 3.8) is 0 Å². The molecule has 2 heteroatoms. The van der Waals surface area contributed by atoms with E-state index in [1.54, 1.807) is 0 Å². The molecule has 1 fully saturated rings. The van der Waals surface area contributed by atoms with E-state index in [9.17, 15) is 0 Å². The molecule has 0 radical (unpaired) electrons. The fraction of sp³-hybridized carbons (Fsp3) is 0.625. The first-order chi connectivity index (χ1) is 8.61. The highest BCUT2D eigenvalue weighted by molar-refractivity contribution is 5.23. The summed E-state index contributed by atoms with van der Waals surface area (Å²) in [6.07, 6.45) is 2.33. The van der Waals surface area contributed by atoms with Crippen molar-refractivity contribution in [3.05, 3.63) is 35.4 Å². The normalized spacial score (nSPS) is 27.1. The molecule has 18 heavy (non-hydrogen) atoms. The van der Waals surface area contributed by atoms with Gasteiger partial charge in [0.15, 0.2) is 0 Å². The molecule has 1 saturated heterocycles. The predicted octanol–water partition coefficient (Wildman–Crippen LogP) is 3.12. The van der Waals surface area contributed by atoms with E-state index in [1.165, 1.54) is 17.5 Å². The monoisotopic (exact) mass is 246 g/mol. The molecule has 1 aromatic carbocycles. The number of likely N-dealkylation sites (tertiary alicyclic amines) is 1. The van der Waals surface area contributed by atoms with Gasteiger partial charge in [-0.15, -0.1) is 0 Å². The van der Waals surface area contributed by atoms with Gasteiger partial charge >= 0.3 is 0 Å². The molecule has 0 saturated carbocycles. The zero-order valence-corrected chi connectivity index (χ0v) is 11.9. The number of benzene rings is 1. The maximum absolute atomic E-state index is 6.18. The third-order valence-electron chi connectivity index (χ3n) is 4.46. The van der Waals surface area contributed by atoms with Crippen LogP contribution in [-0.4, -0.2) is 24.0 Å². The van der Waals surface area contributed by atoms with Crippen LogP contribution in [0.3, 0.4) is 0 Å². The summed E-state index contributed by atoms with van der Waals surface area (Å²) in [5, 5.41) is 0. The average Bonchev–Trinajstić information content (AvgIpc) is 2.39. The first kappa shape index (κ1) is 13.6. The molecule has 1 heterocycles. The molecule has 0 bridgehead atoms. The predicted molar refractivity (Wildman–Crippen MR) is 77.5 cm³/mol. The highest BCUT2D eigenvalue weighted by Gasteiger charge is 2.28. The SMILES string of the molecule is CCC1CN(C(C)c2ccc(C)cc2)CCC1N. The summed E-state index contributed by atoms with van der Waals surface area (Å²) in [5.74, 6) is 0.659. The molecule has 0 aromatic heterocycles. The number of nitrogens with zero attached hydrogens (tertiary/aromatic N) is 1. The van der Waals surface area contributed by atoms with Gasteiger partial charge in [-0.25, -0.2) is 0 Å². The van der Waals surface area contributed by atoms with Crippen LogP contribution in [-0.2, 0) is 0 Å². The van der Waals surface area contributed by atoms with Gasteiger partial charge in [0.25, 0.3) is 0 Å². The standard InChI is InChI=1S/C16H26N2/c1-4-14-11-18(10-9-16(14)17)13(3)15-7-5-12(2)6-8-15/h5-8,13-14,16H,4,9-11,17H2,1-3H3. The molecule has 1 aromatic rings. The lowest BCUT2D eigenvalue weighted by molar-refractivity contribution is 0.114. The Morgan fingerprint density at radius 2 is 2.00 bits per heavy atom. The van der Waals surface area contributed by atoms with Crippen molar-refractivity contribution in [2.45, 2.75) is 45.7 Å².